The van der Waals surface area contributed by atoms with Crippen LogP contribution in [-0.4, -0.2) is 58.4 Å². The van der Waals surface area contributed by atoms with Crippen molar-refractivity contribution in [1.82, 2.24) is 14.5 Å². The number of piperidine rings is 1. The van der Waals surface area contributed by atoms with E-state index in [9.17, 15) is 9.90 Å². The molecule has 0 bridgehead atoms. The van der Waals surface area contributed by atoms with Gasteiger partial charge in [0.2, 0.25) is 0 Å². The third kappa shape index (κ3) is 4.28. The van der Waals surface area contributed by atoms with Crippen molar-refractivity contribution in [2.24, 2.45) is 5.92 Å². The highest BCUT2D eigenvalue weighted by atomic mass is 16.5. The molecule has 118 valence electrons. The number of likely N-dealkylation sites (tertiary alicyclic amines) is 1. The van der Waals surface area contributed by atoms with Crippen LogP contribution < -0.4 is 0 Å². The molecule has 1 aromatic heterocycles. The molecular formula is C15H25N3O3. The van der Waals surface area contributed by atoms with Crippen LogP contribution >= 0.6 is 0 Å². The number of aliphatic hydroxyl groups excluding tert-OH is 1. The molecule has 1 aliphatic rings. The maximum Gasteiger partial charge on any atom is 0.334 e. The Kier molecular flexibility index (Phi) is 5.76. The Labute approximate surface area is 125 Å². The zero-order valence-electron chi connectivity index (χ0n) is 12.9. The van der Waals surface area contributed by atoms with Gasteiger partial charge in [0.25, 0.3) is 0 Å². The number of imidazole rings is 1. The topological polar surface area (TPSA) is 67.6 Å². The summed E-state index contributed by atoms with van der Waals surface area (Å²) in [6, 6.07) is 0. The summed E-state index contributed by atoms with van der Waals surface area (Å²) in [4.78, 5) is 17.9. The summed E-state index contributed by atoms with van der Waals surface area (Å²) in [6.45, 7) is 5.90. The molecule has 1 unspecified atom stereocenters. The van der Waals surface area contributed by atoms with Crippen molar-refractivity contribution < 1.29 is 14.6 Å². The lowest BCUT2D eigenvalue weighted by atomic mass is 9.91. The summed E-state index contributed by atoms with van der Waals surface area (Å²) in [6.07, 6.45) is 5.65. The molecule has 0 aliphatic carbocycles. The second-order valence-corrected chi connectivity index (χ2v) is 5.67. The molecule has 0 radical (unpaired) electrons. The van der Waals surface area contributed by atoms with E-state index in [0.29, 0.717) is 0 Å². The maximum absolute atomic E-state index is 11.3. The number of nitrogens with zero attached hydrogens (tertiary/aromatic N) is 3. The third-order valence-corrected chi connectivity index (χ3v) is 4.32. The number of hydrogen-bond donors (Lipinski definition) is 1. The van der Waals surface area contributed by atoms with Gasteiger partial charge in [-0.15, -0.1) is 0 Å². The lowest BCUT2D eigenvalue weighted by molar-refractivity contribution is -0.154. The van der Waals surface area contributed by atoms with Crippen LogP contribution in [0.5, 0.6) is 0 Å². The first kappa shape index (κ1) is 16.0. The molecule has 1 aliphatic heterocycles. The zero-order valence-corrected chi connectivity index (χ0v) is 12.9. The van der Waals surface area contributed by atoms with Crippen molar-refractivity contribution in [1.29, 1.82) is 0 Å². The summed E-state index contributed by atoms with van der Waals surface area (Å²) >= 11 is 0. The van der Waals surface area contributed by atoms with E-state index < -0.39 is 12.1 Å². The monoisotopic (exact) mass is 295 g/mol. The largest absolute Gasteiger partial charge is 0.467 e. The Morgan fingerprint density at radius 1 is 1.48 bits per heavy atom. The van der Waals surface area contributed by atoms with Crippen molar-refractivity contribution in [3.63, 3.8) is 0 Å². The molecule has 1 N–H and O–H groups in total. The molecule has 0 aromatic carbocycles. The van der Waals surface area contributed by atoms with E-state index in [1.54, 1.807) is 0 Å². The van der Waals surface area contributed by atoms with E-state index >= 15 is 0 Å². The number of aliphatic hydroxyl groups is 1. The van der Waals surface area contributed by atoms with E-state index in [1.165, 1.54) is 7.11 Å². The summed E-state index contributed by atoms with van der Waals surface area (Å²) < 4.78 is 6.76. The third-order valence-electron chi connectivity index (χ3n) is 4.32. The number of esters is 1. The minimum Gasteiger partial charge on any atom is -0.467 e. The minimum atomic E-state index is -0.967. The van der Waals surface area contributed by atoms with Gasteiger partial charge in [-0.05, 0) is 51.7 Å². The number of aryl methyl sites for hydroxylation is 2. The number of carbonyl (C=O) groups excluding carboxylic acids is 1. The highest BCUT2D eigenvalue weighted by Gasteiger charge is 2.30. The van der Waals surface area contributed by atoms with Crippen LogP contribution in [0.2, 0.25) is 0 Å². The summed E-state index contributed by atoms with van der Waals surface area (Å²) in [5.41, 5.74) is 0. The molecule has 0 amide bonds. The van der Waals surface area contributed by atoms with E-state index in [4.69, 9.17) is 0 Å². The van der Waals surface area contributed by atoms with E-state index in [1.807, 2.05) is 19.3 Å². The second kappa shape index (κ2) is 7.56. The average molecular weight is 295 g/mol. The summed E-state index contributed by atoms with van der Waals surface area (Å²) in [5.74, 6) is 0.573. The van der Waals surface area contributed by atoms with Gasteiger partial charge < -0.3 is 19.3 Å². The highest BCUT2D eigenvalue weighted by molar-refractivity contribution is 5.74. The van der Waals surface area contributed by atoms with Gasteiger partial charge in [0, 0.05) is 18.9 Å². The zero-order chi connectivity index (χ0) is 15.2. The Bertz CT molecular complexity index is 453. The molecule has 0 saturated carbocycles. The van der Waals surface area contributed by atoms with E-state index in [2.05, 4.69) is 19.2 Å². The Morgan fingerprint density at radius 2 is 2.19 bits per heavy atom. The first-order chi connectivity index (χ1) is 10.1. The highest BCUT2D eigenvalue weighted by Crippen LogP contribution is 2.21. The molecule has 1 fully saturated rings. The van der Waals surface area contributed by atoms with Crippen molar-refractivity contribution >= 4 is 5.97 Å². The number of rotatable bonds is 6. The normalized spacial score (nSPS) is 18.6. The van der Waals surface area contributed by atoms with Gasteiger partial charge in [-0.1, -0.05) is 0 Å². The van der Waals surface area contributed by atoms with Gasteiger partial charge in [0.15, 0.2) is 6.10 Å². The van der Waals surface area contributed by atoms with Crippen LogP contribution in [0.4, 0.5) is 0 Å². The van der Waals surface area contributed by atoms with Crippen LogP contribution in [-0.2, 0) is 16.1 Å². The molecule has 2 heterocycles. The van der Waals surface area contributed by atoms with Gasteiger partial charge in [-0.3, -0.25) is 0 Å². The number of methoxy groups -OCH3 is 1. The van der Waals surface area contributed by atoms with Crippen molar-refractivity contribution in [3.05, 3.63) is 18.2 Å². The Balaban J connectivity index is 1.67. The first-order valence-corrected chi connectivity index (χ1v) is 7.58. The molecule has 6 heteroatoms. The van der Waals surface area contributed by atoms with Gasteiger partial charge in [0.05, 0.1) is 7.11 Å². The predicted molar refractivity (Wildman–Crippen MR) is 78.8 cm³/mol. The molecule has 1 atom stereocenters. The fourth-order valence-corrected chi connectivity index (χ4v) is 2.91. The molecule has 1 saturated heterocycles. The first-order valence-electron chi connectivity index (χ1n) is 7.58. The molecule has 21 heavy (non-hydrogen) atoms. The second-order valence-electron chi connectivity index (χ2n) is 5.67. The fraction of sp³-hybridized carbons (Fsp3) is 0.733. The van der Waals surface area contributed by atoms with Crippen molar-refractivity contribution in [2.75, 3.05) is 26.7 Å². The predicted octanol–water partition coefficient (Wildman–Crippen LogP) is 0.828. The lowest BCUT2D eigenvalue weighted by Crippen LogP contribution is -2.41. The Morgan fingerprint density at radius 3 is 2.76 bits per heavy atom. The van der Waals surface area contributed by atoms with Crippen LogP contribution in [0.3, 0.4) is 0 Å². The maximum atomic E-state index is 11.3. The average Bonchev–Trinajstić information content (AvgIpc) is 2.92. The van der Waals surface area contributed by atoms with E-state index in [-0.39, 0.29) is 5.92 Å². The van der Waals surface area contributed by atoms with Crippen LogP contribution in [0.15, 0.2) is 12.4 Å². The summed E-state index contributed by atoms with van der Waals surface area (Å²) in [5, 5.41) is 9.86. The molecule has 1 aromatic rings. The van der Waals surface area contributed by atoms with Crippen molar-refractivity contribution in [3.8, 4) is 0 Å². The van der Waals surface area contributed by atoms with Crippen LogP contribution in [0, 0.1) is 12.8 Å². The standard InChI is InChI=1S/C15H25N3O3/c1-12-16-6-11-18(12)8-3-7-17-9-4-13(5-10-17)14(19)15(20)21-2/h6,11,13-14,19H,3-5,7-10H2,1-2H3. The van der Waals surface area contributed by atoms with Gasteiger partial charge >= 0.3 is 5.97 Å². The molecule has 0 spiro atoms. The lowest BCUT2D eigenvalue weighted by Gasteiger charge is -2.33. The number of hydrogen-bond acceptors (Lipinski definition) is 5. The molecule has 6 nitrogen and oxygen atoms in total. The molecule has 2 rings (SSSR count). The van der Waals surface area contributed by atoms with Crippen molar-refractivity contribution in [2.45, 2.75) is 38.8 Å². The van der Waals surface area contributed by atoms with E-state index in [0.717, 1.165) is 51.3 Å². The quantitative estimate of drug-likeness (QED) is 0.787. The Hall–Kier alpha value is -1.40. The minimum absolute atomic E-state index is 0.0320. The number of aromatic nitrogens is 2. The fourth-order valence-electron chi connectivity index (χ4n) is 2.91. The van der Waals surface area contributed by atoms with Gasteiger partial charge in [-0.2, -0.15) is 0 Å². The van der Waals surface area contributed by atoms with Gasteiger partial charge in [0.1, 0.15) is 5.82 Å². The number of ether oxygens (including phenoxy) is 1. The van der Waals surface area contributed by atoms with Crippen LogP contribution in [0.1, 0.15) is 25.1 Å². The SMILES string of the molecule is COC(=O)C(O)C1CCN(CCCn2ccnc2C)CC1. The van der Waals surface area contributed by atoms with Crippen LogP contribution in [0.25, 0.3) is 0 Å². The number of carbonyl (C=O) groups is 1. The molecular weight excluding hydrogens is 270 g/mol. The summed E-state index contributed by atoms with van der Waals surface area (Å²) in [7, 11) is 1.32. The van der Waals surface area contributed by atoms with Gasteiger partial charge in [-0.25, -0.2) is 9.78 Å². The smallest absolute Gasteiger partial charge is 0.334 e.